The van der Waals surface area contributed by atoms with Crippen LogP contribution in [-0.4, -0.2) is 40.3 Å². The molecule has 9 heteroatoms. The van der Waals surface area contributed by atoms with E-state index in [-0.39, 0.29) is 36.6 Å². The Hall–Kier alpha value is -2.97. The number of benzene rings is 1. The molecule has 9 nitrogen and oxygen atoms in total. The minimum atomic E-state index is -0.492. The van der Waals surface area contributed by atoms with Crippen LogP contribution in [0.3, 0.4) is 0 Å². The second kappa shape index (κ2) is 7.51. The van der Waals surface area contributed by atoms with Gasteiger partial charge in [0.25, 0.3) is 5.69 Å². The fourth-order valence-corrected chi connectivity index (χ4v) is 3.39. The van der Waals surface area contributed by atoms with Gasteiger partial charge in [-0.2, -0.15) is 0 Å². The average molecular weight is 361 g/mol. The van der Waals surface area contributed by atoms with E-state index in [0.29, 0.717) is 18.5 Å². The number of amides is 3. The molecule has 0 aromatic heterocycles. The zero-order chi connectivity index (χ0) is 18.7. The van der Waals surface area contributed by atoms with Crippen molar-refractivity contribution in [1.82, 2.24) is 10.2 Å². The smallest absolute Gasteiger partial charge is 0.410 e. The second-order valence-corrected chi connectivity index (χ2v) is 6.52. The maximum atomic E-state index is 12.4. The molecule has 3 amide bonds. The van der Waals surface area contributed by atoms with Gasteiger partial charge in [0.15, 0.2) is 0 Å². The minimum Gasteiger partial charge on any atom is -0.445 e. The van der Waals surface area contributed by atoms with Crippen molar-refractivity contribution < 1.29 is 24.0 Å². The molecule has 26 heavy (non-hydrogen) atoms. The lowest BCUT2D eigenvalue weighted by atomic mass is 9.97. The molecule has 0 saturated carbocycles. The van der Waals surface area contributed by atoms with Gasteiger partial charge in [0, 0.05) is 37.1 Å². The lowest BCUT2D eigenvalue weighted by molar-refractivity contribution is -0.384. The predicted molar refractivity (Wildman–Crippen MR) is 88.9 cm³/mol. The Labute approximate surface area is 149 Å². The number of carbonyl (C=O) groups is 3. The number of carbonyl (C=O) groups excluding carboxylic acids is 3. The molecule has 2 aliphatic heterocycles. The molecule has 2 atom stereocenters. The highest BCUT2D eigenvalue weighted by molar-refractivity contribution is 6.03. The van der Waals surface area contributed by atoms with Gasteiger partial charge >= 0.3 is 6.09 Å². The molecule has 2 unspecified atom stereocenters. The number of non-ortho nitro benzene ring substituents is 1. The van der Waals surface area contributed by atoms with E-state index in [1.807, 2.05) is 0 Å². The highest BCUT2D eigenvalue weighted by Gasteiger charge is 2.37. The first-order chi connectivity index (χ1) is 12.4. The van der Waals surface area contributed by atoms with Crippen LogP contribution in [0.15, 0.2) is 24.3 Å². The highest BCUT2D eigenvalue weighted by Crippen LogP contribution is 2.27. The van der Waals surface area contributed by atoms with E-state index in [2.05, 4.69) is 5.32 Å². The third-order valence-electron chi connectivity index (χ3n) is 4.74. The van der Waals surface area contributed by atoms with E-state index in [1.165, 1.54) is 12.1 Å². The largest absolute Gasteiger partial charge is 0.445 e. The number of nitro benzene ring substituents is 1. The Balaban J connectivity index is 1.54. The molecule has 1 aromatic carbocycles. The number of likely N-dealkylation sites (tertiary alicyclic amines) is 1. The van der Waals surface area contributed by atoms with Crippen LogP contribution < -0.4 is 5.32 Å². The number of imide groups is 1. The van der Waals surface area contributed by atoms with E-state index < -0.39 is 16.9 Å². The molecular weight excluding hydrogens is 342 g/mol. The average Bonchev–Trinajstić information content (AvgIpc) is 3.19. The molecule has 2 saturated heterocycles. The number of nitro groups is 1. The van der Waals surface area contributed by atoms with Crippen LogP contribution in [0.25, 0.3) is 0 Å². The van der Waals surface area contributed by atoms with Gasteiger partial charge in [0.1, 0.15) is 6.61 Å². The van der Waals surface area contributed by atoms with Gasteiger partial charge in [-0.25, -0.2) is 4.79 Å². The molecular formula is C17H19N3O6. The van der Waals surface area contributed by atoms with Crippen molar-refractivity contribution in [1.29, 1.82) is 0 Å². The Bertz CT molecular complexity index is 733. The Morgan fingerprint density at radius 2 is 2.04 bits per heavy atom. The number of hydrogen-bond acceptors (Lipinski definition) is 6. The zero-order valence-corrected chi connectivity index (χ0v) is 14.1. The molecule has 1 aromatic rings. The van der Waals surface area contributed by atoms with Gasteiger partial charge in [0.2, 0.25) is 11.8 Å². The van der Waals surface area contributed by atoms with Crippen LogP contribution in [0, 0.1) is 16.0 Å². The van der Waals surface area contributed by atoms with Crippen molar-refractivity contribution in [2.45, 2.75) is 38.3 Å². The topological polar surface area (TPSA) is 119 Å². The summed E-state index contributed by atoms with van der Waals surface area (Å²) in [6, 6.07) is 5.68. The molecule has 0 aliphatic carbocycles. The number of hydrogen-bond donors (Lipinski definition) is 1. The molecule has 3 rings (SSSR count). The number of nitrogens with zero attached hydrogens (tertiary/aromatic N) is 2. The van der Waals surface area contributed by atoms with E-state index in [4.69, 9.17) is 4.74 Å². The first-order valence-electron chi connectivity index (χ1n) is 8.44. The molecule has 0 spiro atoms. The maximum absolute atomic E-state index is 12.4. The Kier molecular flexibility index (Phi) is 5.15. The van der Waals surface area contributed by atoms with Crippen molar-refractivity contribution in [3.05, 3.63) is 39.9 Å². The van der Waals surface area contributed by atoms with E-state index in [1.54, 1.807) is 17.0 Å². The van der Waals surface area contributed by atoms with Gasteiger partial charge in [-0.05, 0) is 37.0 Å². The number of ether oxygens (including phenoxy) is 1. The first-order valence-corrected chi connectivity index (χ1v) is 8.44. The normalized spacial score (nSPS) is 22.4. The maximum Gasteiger partial charge on any atom is 0.410 e. The zero-order valence-electron chi connectivity index (χ0n) is 14.1. The quantitative estimate of drug-likeness (QED) is 0.485. The molecule has 0 bridgehead atoms. The van der Waals surface area contributed by atoms with Gasteiger partial charge in [-0.3, -0.25) is 25.0 Å². The molecule has 2 aliphatic rings. The number of rotatable bonds is 5. The van der Waals surface area contributed by atoms with Gasteiger partial charge in [-0.15, -0.1) is 0 Å². The molecule has 2 fully saturated rings. The molecule has 1 N–H and O–H groups in total. The second-order valence-electron chi connectivity index (χ2n) is 6.52. The first kappa shape index (κ1) is 17.8. The van der Waals surface area contributed by atoms with Crippen molar-refractivity contribution in [2.75, 3.05) is 6.54 Å². The lowest BCUT2D eigenvalue weighted by Crippen LogP contribution is -2.38. The van der Waals surface area contributed by atoms with Crippen LogP contribution in [-0.2, 0) is 20.9 Å². The predicted octanol–water partition coefficient (Wildman–Crippen LogP) is 1.75. The Morgan fingerprint density at radius 3 is 2.65 bits per heavy atom. The highest BCUT2D eigenvalue weighted by atomic mass is 16.6. The fourth-order valence-electron chi connectivity index (χ4n) is 3.39. The van der Waals surface area contributed by atoms with Crippen LogP contribution in [0.2, 0.25) is 0 Å². The van der Waals surface area contributed by atoms with Crippen molar-refractivity contribution in [3.8, 4) is 0 Å². The van der Waals surface area contributed by atoms with Crippen molar-refractivity contribution in [3.63, 3.8) is 0 Å². The van der Waals surface area contributed by atoms with Crippen LogP contribution in [0.5, 0.6) is 0 Å². The standard InChI is InChI=1S/C17H19N3O6/c21-15-9-12(16(22)18-15)8-14-2-1-7-19(14)17(23)26-10-11-3-5-13(6-4-11)20(24)25/h3-6,12,14H,1-2,7-10H2,(H,18,21,22). The summed E-state index contributed by atoms with van der Waals surface area (Å²) in [5.74, 6) is -0.943. The summed E-state index contributed by atoms with van der Waals surface area (Å²) in [7, 11) is 0. The summed E-state index contributed by atoms with van der Waals surface area (Å²) in [6.45, 7) is 0.564. The van der Waals surface area contributed by atoms with Gasteiger partial charge in [0.05, 0.1) is 4.92 Å². The summed E-state index contributed by atoms with van der Waals surface area (Å²) in [4.78, 5) is 47.1. The van der Waals surface area contributed by atoms with E-state index in [9.17, 15) is 24.5 Å². The summed E-state index contributed by atoms with van der Waals surface area (Å²) in [6.07, 6.45) is 1.73. The van der Waals surface area contributed by atoms with Crippen LogP contribution >= 0.6 is 0 Å². The lowest BCUT2D eigenvalue weighted by Gasteiger charge is -2.25. The molecule has 0 radical (unpaired) electrons. The summed E-state index contributed by atoms with van der Waals surface area (Å²) in [5, 5.41) is 12.9. The summed E-state index contributed by atoms with van der Waals surface area (Å²) in [5.41, 5.74) is 0.629. The third-order valence-corrected chi connectivity index (χ3v) is 4.74. The SMILES string of the molecule is O=C1CC(CC2CCCN2C(=O)OCc2ccc([N+](=O)[O-])cc2)C(=O)N1. The molecule has 138 valence electrons. The minimum absolute atomic E-state index is 0.0163. The van der Waals surface area contributed by atoms with Crippen LogP contribution in [0.1, 0.15) is 31.2 Å². The van der Waals surface area contributed by atoms with Gasteiger partial charge < -0.3 is 9.64 Å². The third kappa shape index (κ3) is 3.98. The van der Waals surface area contributed by atoms with E-state index >= 15 is 0 Å². The fraction of sp³-hybridized carbons (Fsp3) is 0.471. The Morgan fingerprint density at radius 1 is 1.31 bits per heavy atom. The summed E-state index contributed by atoms with van der Waals surface area (Å²) >= 11 is 0. The monoisotopic (exact) mass is 361 g/mol. The van der Waals surface area contributed by atoms with Gasteiger partial charge in [-0.1, -0.05) is 0 Å². The van der Waals surface area contributed by atoms with Crippen molar-refractivity contribution >= 4 is 23.6 Å². The summed E-state index contributed by atoms with van der Waals surface area (Å²) < 4.78 is 5.30. The molecule has 2 heterocycles. The number of nitrogens with one attached hydrogen (secondary N) is 1. The van der Waals surface area contributed by atoms with Crippen molar-refractivity contribution in [2.24, 2.45) is 5.92 Å². The van der Waals surface area contributed by atoms with E-state index in [0.717, 1.165) is 12.8 Å². The van der Waals surface area contributed by atoms with Crippen LogP contribution in [0.4, 0.5) is 10.5 Å².